The van der Waals surface area contributed by atoms with E-state index >= 15 is 0 Å². The Morgan fingerprint density at radius 2 is 2.36 bits per heavy atom. The quantitative estimate of drug-likeness (QED) is 0.489. The smallest absolute Gasteiger partial charge is 0.221 e. The Balaban J connectivity index is 2.79. The van der Waals surface area contributed by atoms with Gasteiger partial charge in [0.25, 0.3) is 0 Å². The van der Waals surface area contributed by atoms with Crippen LogP contribution in [0.25, 0.3) is 0 Å². The molecule has 0 saturated carbocycles. The molecular weight excluding hydrogens is 140 g/mol. The third-order valence-electron chi connectivity index (χ3n) is 1.15. The first-order valence-corrected chi connectivity index (χ1v) is 3.34. The number of nitrogens with one attached hydrogen (secondary N) is 1. The van der Waals surface area contributed by atoms with E-state index in [2.05, 4.69) is 4.98 Å². The van der Waals surface area contributed by atoms with Crippen molar-refractivity contribution in [3.63, 3.8) is 0 Å². The normalized spacial score (nSPS) is 9.27. The van der Waals surface area contributed by atoms with E-state index in [0.29, 0.717) is 5.88 Å². The third kappa shape index (κ3) is 2.37. The van der Waals surface area contributed by atoms with Crippen LogP contribution in [0.2, 0.25) is 0 Å². The van der Waals surface area contributed by atoms with Crippen molar-refractivity contribution in [1.29, 1.82) is 5.41 Å². The number of rotatable bonds is 1. The van der Waals surface area contributed by atoms with Gasteiger partial charge in [-0.2, -0.15) is 0 Å². The third-order valence-corrected chi connectivity index (χ3v) is 1.15. The fraction of sp³-hybridized carbons (Fsp3) is 0.250. The minimum Gasteiger partial charge on any atom is -0.426 e. The van der Waals surface area contributed by atoms with Gasteiger partial charge in [0.1, 0.15) is 0 Å². The van der Waals surface area contributed by atoms with Crippen LogP contribution in [-0.2, 0) is 0 Å². The van der Waals surface area contributed by atoms with Crippen LogP contribution in [0.4, 0.5) is 0 Å². The standard InChI is InChI=1S/C8H10N2O/c1-6-3-4-10-8(5-6)11-7(2)9/h3-5,9H,1-2H3. The van der Waals surface area contributed by atoms with Gasteiger partial charge in [-0.3, -0.25) is 5.41 Å². The van der Waals surface area contributed by atoms with Crippen LogP contribution in [0.3, 0.4) is 0 Å². The Kier molecular flexibility index (Phi) is 2.21. The van der Waals surface area contributed by atoms with Gasteiger partial charge in [0, 0.05) is 19.2 Å². The van der Waals surface area contributed by atoms with Crippen molar-refractivity contribution in [2.75, 3.05) is 0 Å². The maximum Gasteiger partial charge on any atom is 0.221 e. The van der Waals surface area contributed by atoms with Gasteiger partial charge in [0.15, 0.2) is 5.90 Å². The van der Waals surface area contributed by atoms with E-state index in [-0.39, 0.29) is 5.90 Å². The number of pyridine rings is 1. The Morgan fingerprint density at radius 1 is 1.64 bits per heavy atom. The summed E-state index contributed by atoms with van der Waals surface area (Å²) in [4.78, 5) is 3.92. The van der Waals surface area contributed by atoms with E-state index in [0.717, 1.165) is 5.56 Å². The SMILES string of the molecule is CC(=N)Oc1cc(C)ccn1. The molecule has 0 atom stereocenters. The van der Waals surface area contributed by atoms with Gasteiger partial charge in [0.05, 0.1) is 0 Å². The lowest BCUT2D eigenvalue weighted by Crippen LogP contribution is -2.01. The summed E-state index contributed by atoms with van der Waals surface area (Å²) >= 11 is 0. The van der Waals surface area contributed by atoms with Gasteiger partial charge in [-0.25, -0.2) is 4.98 Å². The first kappa shape index (κ1) is 7.72. The number of nitrogens with zero attached hydrogens (tertiary/aromatic N) is 1. The van der Waals surface area contributed by atoms with Crippen LogP contribution < -0.4 is 4.74 Å². The topological polar surface area (TPSA) is 46.0 Å². The monoisotopic (exact) mass is 150 g/mol. The Bertz CT molecular complexity index is 271. The van der Waals surface area contributed by atoms with Crippen molar-refractivity contribution >= 4 is 5.90 Å². The minimum absolute atomic E-state index is 0.156. The van der Waals surface area contributed by atoms with Gasteiger partial charge >= 0.3 is 0 Å². The highest BCUT2D eigenvalue weighted by Crippen LogP contribution is 2.07. The number of ether oxygens (including phenoxy) is 1. The molecule has 0 aliphatic rings. The zero-order valence-electron chi connectivity index (χ0n) is 6.59. The van der Waals surface area contributed by atoms with Crippen molar-refractivity contribution in [2.24, 2.45) is 0 Å². The highest BCUT2D eigenvalue weighted by molar-refractivity contribution is 5.71. The summed E-state index contributed by atoms with van der Waals surface area (Å²) < 4.78 is 4.97. The molecule has 58 valence electrons. The van der Waals surface area contributed by atoms with Crippen LogP contribution >= 0.6 is 0 Å². The molecule has 1 N–H and O–H groups in total. The number of hydrogen-bond acceptors (Lipinski definition) is 3. The highest BCUT2D eigenvalue weighted by Gasteiger charge is 1.94. The fourth-order valence-electron chi connectivity index (χ4n) is 0.721. The van der Waals surface area contributed by atoms with E-state index in [9.17, 15) is 0 Å². The second-order valence-electron chi connectivity index (χ2n) is 2.33. The first-order valence-electron chi connectivity index (χ1n) is 3.34. The maximum atomic E-state index is 7.04. The van der Waals surface area contributed by atoms with Crippen molar-refractivity contribution in [3.8, 4) is 5.88 Å². The Labute approximate surface area is 65.5 Å². The van der Waals surface area contributed by atoms with Crippen molar-refractivity contribution < 1.29 is 4.74 Å². The van der Waals surface area contributed by atoms with Gasteiger partial charge in [0.2, 0.25) is 5.88 Å². The van der Waals surface area contributed by atoms with Crippen molar-refractivity contribution in [3.05, 3.63) is 23.9 Å². The molecule has 1 aromatic rings. The lowest BCUT2D eigenvalue weighted by atomic mass is 10.3. The van der Waals surface area contributed by atoms with Gasteiger partial charge < -0.3 is 4.74 Å². The summed E-state index contributed by atoms with van der Waals surface area (Å²) in [5.74, 6) is 0.639. The number of hydrogen-bond donors (Lipinski definition) is 1. The summed E-state index contributed by atoms with van der Waals surface area (Å²) in [6, 6.07) is 3.67. The first-order chi connectivity index (χ1) is 5.18. The number of aromatic nitrogens is 1. The Morgan fingerprint density at radius 3 is 2.91 bits per heavy atom. The maximum absolute atomic E-state index is 7.04. The Hall–Kier alpha value is -1.38. The van der Waals surface area contributed by atoms with Crippen LogP contribution in [0.15, 0.2) is 18.3 Å². The van der Waals surface area contributed by atoms with Crippen molar-refractivity contribution in [2.45, 2.75) is 13.8 Å². The van der Waals surface area contributed by atoms with Gasteiger partial charge in [-0.05, 0) is 18.6 Å². The number of aryl methyl sites for hydroxylation is 1. The predicted octanol–water partition coefficient (Wildman–Crippen LogP) is 1.77. The molecule has 0 bridgehead atoms. The lowest BCUT2D eigenvalue weighted by molar-refractivity contribution is 0.518. The average Bonchev–Trinajstić information content (AvgIpc) is 1.85. The second-order valence-corrected chi connectivity index (χ2v) is 2.33. The molecule has 0 amide bonds. The summed E-state index contributed by atoms with van der Waals surface area (Å²) in [6.07, 6.45) is 1.66. The summed E-state index contributed by atoms with van der Waals surface area (Å²) in [5.41, 5.74) is 1.08. The van der Waals surface area contributed by atoms with Gasteiger partial charge in [-0.15, -0.1) is 0 Å². The molecule has 0 unspecified atom stereocenters. The van der Waals surface area contributed by atoms with Crippen LogP contribution in [0.5, 0.6) is 5.88 Å². The predicted molar refractivity (Wildman–Crippen MR) is 43.0 cm³/mol. The molecule has 0 aromatic carbocycles. The molecule has 0 spiro atoms. The molecule has 0 saturated heterocycles. The molecule has 3 heteroatoms. The zero-order chi connectivity index (χ0) is 8.27. The average molecular weight is 150 g/mol. The van der Waals surface area contributed by atoms with E-state index in [1.165, 1.54) is 0 Å². The van der Waals surface area contributed by atoms with Crippen LogP contribution in [-0.4, -0.2) is 10.9 Å². The summed E-state index contributed by atoms with van der Waals surface area (Å²) in [5, 5.41) is 7.04. The molecule has 0 radical (unpaired) electrons. The largest absolute Gasteiger partial charge is 0.426 e. The van der Waals surface area contributed by atoms with E-state index < -0.39 is 0 Å². The van der Waals surface area contributed by atoms with Crippen LogP contribution in [0, 0.1) is 12.3 Å². The van der Waals surface area contributed by atoms with Crippen LogP contribution in [0.1, 0.15) is 12.5 Å². The molecule has 1 rings (SSSR count). The summed E-state index contributed by atoms with van der Waals surface area (Å²) in [7, 11) is 0. The van der Waals surface area contributed by atoms with E-state index in [4.69, 9.17) is 10.1 Å². The summed E-state index contributed by atoms with van der Waals surface area (Å²) in [6.45, 7) is 3.53. The second kappa shape index (κ2) is 3.14. The van der Waals surface area contributed by atoms with E-state index in [1.54, 1.807) is 19.2 Å². The molecule has 0 aliphatic carbocycles. The highest BCUT2D eigenvalue weighted by atomic mass is 16.5. The fourth-order valence-corrected chi connectivity index (χ4v) is 0.721. The molecule has 1 heterocycles. The molecule has 11 heavy (non-hydrogen) atoms. The minimum atomic E-state index is 0.156. The molecule has 1 aromatic heterocycles. The molecule has 0 fully saturated rings. The van der Waals surface area contributed by atoms with E-state index in [1.807, 2.05) is 13.0 Å². The lowest BCUT2D eigenvalue weighted by Gasteiger charge is -2.00. The van der Waals surface area contributed by atoms with Crippen molar-refractivity contribution in [1.82, 2.24) is 4.98 Å². The zero-order valence-corrected chi connectivity index (χ0v) is 6.59. The van der Waals surface area contributed by atoms with Gasteiger partial charge in [-0.1, -0.05) is 0 Å². The molecule has 3 nitrogen and oxygen atoms in total. The molecule has 0 aliphatic heterocycles. The molecular formula is C8H10N2O.